The Hall–Kier alpha value is -3.00. The number of anilines is 1. The van der Waals surface area contributed by atoms with Crippen LogP contribution in [-0.4, -0.2) is 41.4 Å². The van der Waals surface area contributed by atoms with Gasteiger partial charge in [0.05, 0.1) is 17.4 Å². The number of halogens is 1. The molecular formula is C24H30FN3O4. The molecule has 1 aromatic carbocycles. The molecule has 1 heterocycles. The van der Waals surface area contributed by atoms with Crippen molar-refractivity contribution in [3.05, 3.63) is 52.1 Å². The summed E-state index contributed by atoms with van der Waals surface area (Å²) in [6.07, 6.45) is 3.39. The van der Waals surface area contributed by atoms with Gasteiger partial charge in [0.2, 0.25) is 0 Å². The lowest BCUT2D eigenvalue weighted by Gasteiger charge is -2.28. The van der Waals surface area contributed by atoms with Crippen molar-refractivity contribution in [3.63, 3.8) is 0 Å². The van der Waals surface area contributed by atoms with Crippen LogP contribution in [0.3, 0.4) is 0 Å². The van der Waals surface area contributed by atoms with Gasteiger partial charge < -0.3 is 19.9 Å². The average molecular weight is 444 g/mol. The van der Waals surface area contributed by atoms with E-state index in [1.165, 1.54) is 12.1 Å². The Bertz CT molecular complexity index is 1050. The molecule has 0 atom stereocenters. The van der Waals surface area contributed by atoms with Crippen molar-refractivity contribution < 1.29 is 23.5 Å². The SMILES string of the molecule is CO[C@H]1CC[C@@H](NC(=O)C(=O)c2c(C)c(C(=O)Nc3ccc(F)c(C)c3)c(C)n2C)CC1. The molecular weight excluding hydrogens is 413 g/mol. The molecule has 0 radical (unpaired) electrons. The van der Waals surface area contributed by atoms with Gasteiger partial charge in [0.25, 0.3) is 17.6 Å². The monoisotopic (exact) mass is 443 g/mol. The number of ketones is 1. The molecule has 0 bridgehead atoms. The molecule has 2 amide bonds. The molecule has 8 heteroatoms. The van der Waals surface area contributed by atoms with Crippen LogP contribution in [0, 0.1) is 26.6 Å². The number of hydrogen-bond donors (Lipinski definition) is 2. The number of rotatable bonds is 6. The van der Waals surface area contributed by atoms with Crippen molar-refractivity contribution in [2.75, 3.05) is 12.4 Å². The first kappa shape index (κ1) is 23.7. The Morgan fingerprint density at radius 2 is 1.75 bits per heavy atom. The number of hydrogen-bond acceptors (Lipinski definition) is 4. The first-order chi connectivity index (χ1) is 15.1. The highest BCUT2D eigenvalue weighted by Crippen LogP contribution is 2.25. The van der Waals surface area contributed by atoms with Crippen molar-refractivity contribution in [2.45, 2.75) is 58.6 Å². The van der Waals surface area contributed by atoms with E-state index >= 15 is 0 Å². The summed E-state index contributed by atoms with van der Waals surface area (Å²) < 4.78 is 20.4. The number of amides is 2. The largest absolute Gasteiger partial charge is 0.381 e. The predicted molar refractivity (Wildman–Crippen MR) is 120 cm³/mol. The molecule has 32 heavy (non-hydrogen) atoms. The molecule has 1 aromatic heterocycles. The Kier molecular flexibility index (Phi) is 7.13. The second kappa shape index (κ2) is 9.65. The van der Waals surface area contributed by atoms with Crippen LogP contribution in [0.1, 0.15) is 63.4 Å². The standard InChI is InChI=1S/C24H30FN3O4/c1-13-12-17(8-11-19(13)25)27-23(30)20-14(2)21(28(4)15(20)3)22(29)24(31)26-16-6-9-18(32-5)10-7-16/h8,11-12,16,18H,6-7,9-10H2,1-5H3,(H,26,31)(H,27,30)/t16-,18+. The minimum Gasteiger partial charge on any atom is -0.381 e. The highest BCUT2D eigenvalue weighted by atomic mass is 19.1. The summed E-state index contributed by atoms with van der Waals surface area (Å²) >= 11 is 0. The molecule has 172 valence electrons. The van der Waals surface area contributed by atoms with E-state index < -0.39 is 17.6 Å². The molecule has 2 aromatic rings. The van der Waals surface area contributed by atoms with Crippen molar-refractivity contribution in [3.8, 4) is 0 Å². The number of benzene rings is 1. The molecule has 0 unspecified atom stereocenters. The molecule has 2 N–H and O–H groups in total. The van der Waals surface area contributed by atoms with E-state index in [4.69, 9.17) is 4.74 Å². The third-order valence-electron chi connectivity index (χ3n) is 6.34. The van der Waals surface area contributed by atoms with Gasteiger partial charge in [-0.3, -0.25) is 14.4 Å². The summed E-state index contributed by atoms with van der Waals surface area (Å²) in [4.78, 5) is 38.6. The highest BCUT2D eigenvalue weighted by Gasteiger charge is 2.30. The number of aryl methyl sites for hydroxylation is 1. The van der Waals surface area contributed by atoms with Gasteiger partial charge in [-0.1, -0.05) is 0 Å². The van der Waals surface area contributed by atoms with Gasteiger partial charge in [0.15, 0.2) is 0 Å². The lowest BCUT2D eigenvalue weighted by atomic mass is 9.93. The molecule has 0 spiro atoms. The van der Waals surface area contributed by atoms with Crippen LogP contribution >= 0.6 is 0 Å². The number of methoxy groups -OCH3 is 1. The minimum absolute atomic E-state index is 0.0657. The minimum atomic E-state index is -0.671. The molecule has 1 fully saturated rings. The first-order valence-corrected chi connectivity index (χ1v) is 10.7. The zero-order valence-corrected chi connectivity index (χ0v) is 19.2. The highest BCUT2D eigenvalue weighted by molar-refractivity contribution is 6.43. The third kappa shape index (κ3) is 4.75. The van der Waals surface area contributed by atoms with Crippen LogP contribution in [0.5, 0.6) is 0 Å². The lowest BCUT2D eigenvalue weighted by Crippen LogP contribution is -2.42. The Labute approximate surface area is 187 Å². The number of nitrogens with one attached hydrogen (secondary N) is 2. The Balaban J connectivity index is 1.77. The quantitative estimate of drug-likeness (QED) is 0.527. The summed E-state index contributed by atoms with van der Waals surface area (Å²) in [5, 5.41) is 5.58. The topological polar surface area (TPSA) is 89.4 Å². The summed E-state index contributed by atoms with van der Waals surface area (Å²) in [5.74, 6) is -2.11. The molecule has 7 nitrogen and oxygen atoms in total. The number of carbonyl (C=O) groups is 3. The number of nitrogens with zero attached hydrogens (tertiary/aromatic N) is 1. The number of Topliss-reactive ketones (excluding diaryl/α,β-unsaturated/α-hetero) is 1. The van der Waals surface area contributed by atoms with Crippen LogP contribution < -0.4 is 10.6 Å². The number of aromatic nitrogens is 1. The van der Waals surface area contributed by atoms with E-state index in [1.54, 1.807) is 45.6 Å². The fourth-order valence-electron chi connectivity index (χ4n) is 4.35. The lowest BCUT2D eigenvalue weighted by molar-refractivity contribution is -0.118. The van der Waals surface area contributed by atoms with E-state index in [1.807, 2.05) is 0 Å². The maximum Gasteiger partial charge on any atom is 0.294 e. The van der Waals surface area contributed by atoms with Gasteiger partial charge in [-0.05, 0) is 75.8 Å². The predicted octanol–water partition coefficient (Wildman–Crippen LogP) is 3.60. The van der Waals surface area contributed by atoms with E-state index in [0.29, 0.717) is 28.1 Å². The molecule has 0 aliphatic heterocycles. The van der Waals surface area contributed by atoms with Gasteiger partial charge in [-0.2, -0.15) is 0 Å². The maximum absolute atomic E-state index is 13.5. The molecule has 1 aliphatic carbocycles. The smallest absolute Gasteiger partial charge is 0.294 e. The fourth-order valence-corrected chi connectivity index (χ4v) is 4.35. The summed E-state index contributed by atoms with van der Waals surface area (Å²) in [5.41, 5.74) is 2.38. The normalized spacial score (nSPS) is 18.3. The fraction of sp³-hybridized carbons (Fsp3) is 0.458. The van der Waals surface area contributed by atoms with Crippen LogP contribution in [0.25, 0.3) is 0 Å². The maximum atomic E-state index is 13.5. The van der Waals surface area contributed by atoms with Gasteiger partial charge in [0, 0.05) is 31.6 Å². The second-order valence-electron chi connectivity index (χ2n) is 8.42. The van der Waals surface area contributed by atoms with Crippen LogP contribution in [0.15, 0.2) is 18.2 Å². The van der Waals surface area contributed by atoms with Gasteiger partial charge >= 0.3 is 0 Å². The zero-order valence-electron chi connectivity index (χ0n) is 19.2. The summed E-state index contributed by atoms with van der Waals surface area (Å²) in [6, 6.07) is 4.24. The van der Waals surface area contributed by atoms with E-state index in [0.717, 1.165) is 25.7 Å². The van der Waals surface area contributed by atoms with Crippen molar-refractivity contribution in [1.82, 2.24) is 9.88 Å². The van der Waals surface area contributed by atoms with Crippen LogP contribution in [0.4, 0.5) is 10.1 Å². The molecule has 0 saturated heterocycles. The first-order valence-electron chi connectivity index (χ1n) is 10.7. The number of ether oxygens (including phenoxy) is 1. The van der Waals surface area contributed by atoms with Crippen molar-refractivity contribution in [2.24, 2.45) is 7.05 Å². The summed E-state index contributed by atoms with van der Waals surface area (Å²) in [7, 11) is 3.34. The van der Waals surface area contributed by atoms with E-state index in [9.17, 15) is 18.8 Å². The number of carbonyl (C=O) groups excluding carboxylic acids is 3. The summed E-state index contributed by atoms with van der Waals surface area (Å²) in [6.45, 7) is 4.99. The van der Waals surface area contributed by atoms with Gasteiger partial charge in [-0.25, -0.2) is 4.39 Å². The van der Waals surface area contributed by atoms with Crippen molar-refractivity contribution >= 4 is 23.3 Å². The Morgan fingerprint density at radius 1 is 1.09 bits per heavy atom. The zero-order chi connectivity index (χ0) is 23.6. The Morgan fingerprint density at radius 3 is 2.34 bits per heavy atom. The average Bonchev–Trinajstić information content (AvgIpc) is 2.99. The van der Waals surface area contributed by atoms with E-state index in [-0.39, 0.29) is 23.7 Å². The molecule has 3 rings (SSSR count). The van der Waals surface area contributed by atoms with E-state index in [2.05, 4.69) is 10.6 Å². The van der Waals surface area contributed by atoms with Gasteiger partial charge in [0.1, 0.15) is 5.82 Å². The third-order valence-corrected chi connectivity index (χ3v) is 6.34. The molecule has 1 aliphatic rings. The van der Waals surface area contributed by atoms with Crippen molar-refractivity contribution in [1.29, 1.82) is 0 Å². The van der Waals surface area contributed by atoms with Crippen LogP contribution in [-0.2, 0) is 16.6 Å². The second-order valence-corrected chi connectivity index (χ2v) is 8.42. The van der Waals surface area contributed by atoms with Crippen LogP contribution in [0.2, 0.25) is 0 Å². The van der Waals surface area contributed by atoms with Gasteiger partial charge in [-0.15, -0.1) is 0 Å². The molecule has 1 saturated carbocycles.